The van der Waals surface area contributed by atoms with Gasteiger partial charge in [0.25, 0.3) is 0 Å². The van der Waals surface area contributed by atoms with Gasteiger partial charge in [-0.3, -0.25) is 19.8 Å². The first-order chi connectivity index (χ1) is 13.4. The summed E-state index contributed by atoms with van der Waals surface area (Å²) in [6.45, 7) is 8.11. The molecule has 1 aromatic carbocycles. The molecular formula is C22H33FN4O2. The van der Waals surface area contributed by atoms with E-state index in [1.54, 1.807) is 11.0 Å². The Hall–Kier alpha value is -1.99. The Morgan fingerprint density at radius 2 is 1.97 bits per heavy atom. The Labute approximate surface area is 172 Å². The molecule has 7 heteroatoms. The molecule has 2 fully saturated rings. The third-order valence-corrected chi connectivity index (χ3v) is 6.01. The molecule has 0 spiro atoms. The first-order valence-corrected chi connectivity index (χ1v) is 10.2. The standard InChI is InChI=1S/C22H33FN4O2/c1-21(2,3)18(13-7-8-14(15(23)11-13)22(4)9-10-22)26-19(29)16-12-17(28)25-20(24-16)27(5)6/h7-8,11,16,18,20,24H,9-10,12H2,1-6H3,(H,25,28)(H,26,29). The molecular weight excluding hydrogens is 371 g/mol. The smallest absolute Gasteiger partial charge is 0.238 e. The molecule has 1 saturated carbocycles. The molecule has 1 aliphatic heterocycles. The van der Waals surface area contributed by atoms with Gasteiger partial charge in [-0.15, -0.1) is 0 Å². The van der Waals surface area contributed by atoms with Crippen molar-refractivity contribution in [3.05, 3.63) is 35.1 Å². The minimum Gasteiger partial charge on any atom is -0.347 e. The summed E-state index contributed by atoms with van der Waals surface area (Å²) >= 11 is 0. The Balaban J connectivity index is 1.80. The molecule has 3 unspecified atom stereocenters. The van der Waals surface area contributed by atoms with Crippen LogP contribution in [0.4, 0.5) is 4.39 Å². The maximum Gasteiger partial charge on any atom is 0.238 e. The van der Waals surface area contributed by atoms with Gasteiger partial charge in [-0.05, 0) is 55.0 Å². The number of benzene rings is 1. The third-order valence-electron chi connectivity index (χ3n) is 6.01. The molecule has 29 heavy (non-hydrogen) atoms. The maximum atomic E-state index is 14.8. The highest BCUT2D eigenvalue weighted by atomic mass is 19.1. The SMILES string of the molecule is CN(C)C1NC(=O)CC(C(=O)NC(c2ccc(C3(C)CC3)c(F)c2)C(C)(C)C)N1. The van der Waals surface area contributed by atoms with Gasteiger partial charge in [-0.1, -0.05) is 39.8 Å². The van der Waals surface area contributed by atoms with Gasteiger partial charge in [0.15, 0.2) is 0 Å². The van der Waals surface area contributed by atoms with Crippen LogP contribution < -0.4 is 16.0 Å². The second-order valence-corrected chi connectivity index (χ2v) is 9.96. The summed E-state index contributed by atoms with van der Waals surface area (Å²) in [5.74, 6) is -0.651. The van der Waals surface area contributed by atoms with Crippen molar-refractivity contribution >= 4 is 11.8 Å². The third kappa shape index (κ3) is 4.78. The molecule has 3 rings (SSSR count). The lowest BCUT2D eigenvalue weighted by Gasteiger charge is -2.37. The number of halogens is 1. The van der Waals surface area contributed by atoms with Crippen LogP contribution in [0.3, 0.4) is 0 Å². The first kappa shape index (κ1) is 21.7. The van der Waals surface area contributed by atoms with Crippen LogP contribution in [-0.2, 0) is 15.0 Å². The lowest BCUT2D eigenvalue weighted by Crippen LogP contribution is -2.65. The molecule has 1 aliphatic carbocycles. The van der Waals surface area contributed by atoms with Crippen LogP contribution in [0.2, 0.25) is 0 Å². The summed E-state index contributed by atoms with van der Waals surface area (Å²) in [6, 6.07) is 4.31. The van der Waals surface area contributed by atoms with Crippen molar-refractivity contribution in [1.29, 1.82) is 0 Å². The normalized spacial score (nSPS) is 24.8. The number of nitrogens with zero attached hydrogens (tertiary/aromatic N) is 1. The lowest BCUT2D eigenvalue weighted by atomic mass is 9.81. The van der Waals surface area contributed by atoms with E-state index in [1.807, 2.05) is 47.0 Å². The largest absolute Gasteiger partial charge is 0.347 e. The van der Waals surface area contributed by atoms with E-state index in [0.29, 0.717) is 0 Å². The Morgan fingerprint density at radius 3 is 2.48 bits per heavy atom. The summed E-state index contributed by atoms with van der Waals surface area (Å²) in [4.78, 5) is 26.8. The number of carbonyl (C=O) groups excluding carboxylic acids is 2. The summed E-state index contributed by atoms with van der Waals surface area (Å²) < 4.78 is 14.8. The number of hydrogen-bond donors (Lipinski definition) is 3. The maximum absolute atomic E-state index is 14.8. The average molecular weight is 405 g/mol. The van der Waals surface area contributed by atoms with Crippen LogP contribution in [-0.4, -0.2) is 43.1 Å². The van der Waals surface area contributed by atoms with Gasteiger partial charge in [0, 0.05) is 0 Å². The van der Waals surface area contributed by atoms with Crippen LogP contribution in [0, 0.1) is 11.2 Å². The van der Waals surface area contributed by atoms with Gasteiger partial charge in [0.05, 0.1) is 18.5 Å². The van der Waals surface area contributed by atoms with Crippen molar-refractivity contribution < 1.29 is 14.0 Å². The van der Waals surface area contributed by atoms with Gasteiger partial charge in [-0.25, -0.2) is 4.39 Å². The van der Waals surface area contributed by atoms with E-state index in [9.17, 15) is 14.0 Å². The van der Waals surface area contributed by atoms with E-state index in [0.717, 1.165) is 24.0 Å². The fourth-order valence-electron chi connectivity index (χ4n) is 3.83. The minimum atomic E-state index is -0.643. The van der Waals surface area contributed by atoms with Crippen molar-refractivity contribution in [2.24, 2.45) is 5.41 Å². The molecule has 3 atom stereocenters. The number of amides is 2. The van der Waals surface area contributed by atoms with Gasteiger partial charge in [-0.2, -0.15) is 0 Å². The Kier molecular flexibility index (Phi) is 5.75. The van der Waals surface area contributed by atoms with Gasteiger partial charge in [0.1, 0.15) is 12.1 Å². The van der Waals surface area contributed by atoms with Gasteiger partial charge in [0.2, 0.25) is 11.8 Å². The highest BCUT2D eigenvalue weighted by molar-refractivity contribution is 5.89. The van der Waals surface area contributed by atoms with Crippen molar-refractivity contribution in [1.82, 2.24) is 20.9 Å². The van der Waals surface area contributed by atoms with Gasteiger partial charge < -0.3 is 10.6 Å². The summed E-state index contributed by atoms with van der Waals surface area (Å²) in [5, 5.41) is 9.00. The lowest BCUT2D eigenvalue weighted by molar-refractivity contribution is -0.134. The average Bonchev–Trinajstić information content (AvgIpc) is 3.36. The molecule has 1 heterocycles. The number of nitrogens with one attached hydrogen (secondary N) is 3. The number of carbonyl (C=O) groups is 2. The minimum absolute atomic E-state index is 0.0519. The van der Waals surface area contributed by atoms with E-state index in [1.165, 1.54) is 0 Å². The highest BCUT2D eigenvalue weighted by Crippen LogP contribution is 2.49. The molecule has 2 amide bonds. The molecule has 2 aliphatic rings. The first-order valence-electron chi connectivity index (χ1n) is 10.2. The van der Waals surface area contributed by atoms with Crippen LogP contribution in [0.25, 0.3) is 0 Å². The Bertz CT molecular complexity index is 798. The van der Waals surface area contributed by atoms with E-state index in [4.69, 9.17) is 0 Å². The molecule has 0 bridgehead atoms. The highest BCUT2D eigenvalue weighted by Gasteiger charge is 2.41. The fourth-order valence-corrected chi connectivity index (χ4v) is 3.83. The quantitative estimate of drug-likeness (QED) is 0.705. The van der Waals surface area contributed by atoms with Crippen LogP contribution in [0.15, 0.2) is 18.2 Å². The van der Waals surface area contributed by atoms with Gasteiger partial charge >= 0.3 is 0 Å². The number of hydrogen-bond acceptors (Lipinski definition) is 4. The molecule has 0 radical (unpaired) electrons. The molecule has 6 nitrogen and oxygen atoms in total. The summed E-state index contributed by atoms with van der Waals surface area (Å²) in [5.41, 5.74) is 1.11. The zero-order valence-corrected chi connectivity index (χ0v) is 18.2. The zero-order valence-electron chi connectivity index (χ0n) is 18.2. The van der Waals surface area contributed by atoms with Crippen molar-refractivity contribution in [3.8, 4) is 0 Å². The van der Waals surface area contributed by atoms with Crippen LogP contribution >= 0.6 is 0 Å². The molecule has 0 aromatic heterocycles. The van der Waals surface area contributed by atoms with E-state index >= 15 is 0 Å². The van der Waals surface area contributed by atoms with E-state index in [2.05, 4.69) is 22.9 Å². The van der Waals surface area contributed by atoms with Crippen molar-refractivity contribution in [2.75, 3.05) is 14.1 Å². The number of rotatable bonds is 5. The molecule has 160 valence electrons. The fraction of sp³-hybridized carbons (Fsp3) is 0.636. The second kappa shape index (κ2) is 7.69. The topological polar surface area (TPSA) is 73.5 Å². The van der Waals surface area contributed by atoms with Crippen molar-refractivity contribution in [3.63, 3.8) is 0 Å². The summed E-state index contributed by atoms with van der Waals surface area (Å²) in [7, 11) is 3.64. The zero-order chi connectivity index (χ0) is 21.6. The second-order valence-electron chi connectivity index (χ2n) is 9.96. The van der Waals surface area contributed by atoms with E-state index in [-0.39, 0.29) is 40.9 Å². The molecule has 1 saturated heterocycles. The predicted molar refractivity (Wildman–Crippen MR) is 110 cm³/mol. The van der Waals surface area contributed by atoms with Crippen LogP contribution in [0.1, 0.15) is 64.1 Å². The van der Waals surface area contributed by atoms with E-state index < -0.39 is 12.3 Å². The Morgan fingerprint density at radius 1 is 1.31 bits per heavy atom. The summed E-state index contributed by atoms with van der Waals surface area (Å²) in [6.07, 6.45) is 1.67. The van der Waals surface area contributed by atoms with Crippen LogP contribution in [0.5, 0.6) is 0 Å². The molecule has 1 aromatic rings. The molecule has 3 N–H and O–H groups in total. The van der Waals surface area contributed by atoms with Crippen molar-refractivity contribution in [2.45, 2.75) is 70.7 Å². The monoisotopic (exact) mass is 404 g/mol. The predicted octanol–water partition coefficient (Wildman–Crippen LogP) is 2.40.